The number of anilines is 1. The molecule has 11 nitrogen and oxygen atoms in total. The molecule has 6 N–H and O–H groups in total. The minimum atomic E-state index is -1.07. The maximum atomic E-state index is 12.7. The number of carbonyl (C=O) groups excluding carboxylic acids is 2. The van der Waals surface area contributed by atoms with Crippen molar-refractivity contribution in [2.24, 2.45) is 0 Å². The number of nitrogens with two attached hydrogens (primary N) is 1. The largest absolute Gasteiger partial charge is 0.481 e. The maximum absolute atomic E-state index is 12.7. The van der Waals surface area contributed by atoms with Gasteiger partial charge in [0.25, 0.3) is 11.5 Å². The molecule has 0 fully saturated rings. The SMILES string of the molecule is CCC(C)OC(=O)C(CCC(=O)O)NC(=O)c1csc(C#CCCc2cc3c(=O)[nH]c(N)nc3[nH]2)c1. The van der Waals surface area contributed by atoms with Crippen LogP contribution in [0.1, 0.15) is 60.5 Å². The summed E-state index contributed by atoms with van der Waals surface area (Å²) in [7, 11) is 0. The van der Waals surface area contributed by atoms with Crippen LogP contribution in [0.2, 0.25) is 0 Å². The van der Waals surface area contributed by atoms with Crippen molar-refractivity contribution in [3.8, 4) is 11.8 Å². The van der Waals surface area contributed by atoms with E-state index in [2.05, 4.69) is 32.1 Å². The van der Waals surface area contributed by atoms with Gasteiger partial charge in [-0.05, 0) is 38.3 Å². The Bertz CT molecular complexity index is 1380. The Labute approximate surface area is 210 Å². The normalized spacial score (nSPS) is 12.4. The number of carboxylic acid groups (broad SMARTS) is 1. The number of nitrogen functional groups attached to an aromatic ring is 1. The first-order chi connectivity index (χ1) is 17.2. The highest BCUT2D eigenvalue weighted by Crippen LogP contribution is 2.15. The average Bonchev–Trinajstić information content (AvgIpc) is 3.46. The molecule has 2 unspecified atom stereocenters. The molecule has 3 heterocycles. The molecule has 0 bridgehead atoms. The van der Waals surface area contributed by atoms with Gasteiger partial charge in [-0.3, -0.25) is 19.4 Å². The standard InChI is InChI=1S/C24H27N5O6S/c1-3-13(2)35-23(34)18(8-9-19(30)31)27-21(32)14-10-16(36-12-14)7-5-4-6-15-11-17-20(26-15)28-24(25)29-22(17)33/h10-13,18H,3-4,6,8-9H2,1-2H3,(H,27,32)(H,30,31)(H4,25,26,28,29,33). The molecule has 0 saturated carbocycles. The summed E-state index contributed by atoms with van der Waals surface area (Å²) >= 11 is 1.28. The highest BCUT2D eigenvalue weighted by atomic mass is 32.1. The van der Waals surface area contributed by atoms with E-state index in [-0.39, 0.29) is 30.5 Å². The van der Waals surface area contributed by atoms with E-state index in [1.807, 2.05) is 6.92 Å². The number of rotatable bonds is 10. The first kappa shape index (κ1) is 26.5. The number of thiophene rings is 1. The zero-order valence-corrected chi connectivity index (χ0v) is 20.7. The molecule has 36 heavy (non-hydrogen) atoms. The second kappa shape index (κ2) is 12.0. The molecule has 0 aliphatic heterocycles. The molecule has 0 spiro atoms. The van der Waals surface area contributed by atoms with Gasteiger partial charge in [0, 0.05) is 23.9 Å². The van der Waals surface area contributed by atoms with Gasteiger partial charge in [0.1, 0.15) is 11.7 Å². The Hall–Kier alpha value is -4.11. The lowest BCUT2D eigenvalue weighted by atomic mass is 10.1. The molecule has 190 valence electrons. The predicted octanol–water partition coefficient (Wildman–Crippen LogP) is 2.18. The third-order valence-corrected chi connectivity index (χ3v) is 6.14. The number of carbonyl (C=O) groups is 3. The predicted molar refractivity (Wildman–Crippen MR) is 135 cm³/mol. The number of nitrogens with one attached hydrogen (secondary N) is 3. The Morgan fingerprint density at radius 3 is 2.81 bits per heavy atom. The van der Waals surface area contributed by atoms with Crippen LogP contribution in [0.3, 0.4) is 0 Å². The number of hydrogen-bond donors (Lipinski definition) is 5. The van der Waals surface area contributed by atoms with E-state index < -0.39 is 23.9 Å². The van der Waals surface area contributed by atoms with Crippen LogP contribution in [0.15, 0.2) is 22.3 Å². The van der Waals surface area contributed by atoms with Gasteiger partial charge in [-0.1, -0.05) is 18.8 Å². The second-order valence-corrected chi connectivity index (χ2v) is 9.03. The van der Waals surface area contributed by atoms with E-state index in [4.69, 9.17) is 15.6 Å². The maximum Gasteiger partial charge on any atom is 0.328 e. The smallest absolute Gasteiger partial charge is 0.328 e. The number of H-pyrrole nitrogens is 2. The van der Waals surface area contributed by atoms with Gasteiger partial charge in [0.05, 0.1) is 21.9 Å². The number of aryl methyl sites for hydroxylation is 1. The highest BCUT2D eigenvalue weighted by Gasteiger charge is 2.25. The minimum Gasteiger partial charge on any atom is -0.481 e. The van der Waals surface area contributed by atoms with Crippen molar-refractivity contribution in [1.29, 1.82) is 0 Å². The molecule has 3 aromatic heterocycles. The molecule has 3 aromatic rings. The second-order valence-electron chi connectivity index (χ2n) is 8.12. The molecule has 0 aromatic carbocycles. The van der Waals surface area contributed by atoms with Crippen LogP contribution < -0.4 is 16.6 Å². The van der Waals surface area contributed by atoms with Crippen molar-refractivity contribution in [3.05, 3.63) is 44.0 Å². The number of fused-ring (bicyclic) bond motifs is 1. The van der Waals surface area contributed by atoms with Crippen LogP contribution in [0.5, 0.6) is 0 Å². The van der Waals surface area contributed by atoms with Crippen molar-refractivity contribution < 1.29 is 24.2 Å². The number of ether oxygens (including phenoxy) is 1. The van der Waals surface area contributed by atoms with E-state index >= 15 is 0 Å². The number of amides is 1. The molecule has 1 amide bonds. The Morgan fingerprint density at radius 1 is 1.31 bits per heavy atom. The Kier molecular flexibility index (Phi) is 8.86. The Balaban J connectivity index is 1.59. The fraction of sp³-hybridized carbons (Fsp3) is 0.375. The lowest BCUT2D eigenvalue weighted by Gasteiger charge is -2.19. The first-order valence-corrected chi connectivity index (χ1v) is 12.2. The van der Waals surface area contributed by atoms with E-state index in [0.717, 1.165) is 5.69 Å². The van der Waals surface area contributed by atoms with E-state index in [9.17, 15) is 19.2 Å². The molecular weight excluding hydrogens is 486 g/mol. The fourth-order valence-electron chi connectivity index (χ4n) is 3.22. The van der Waals surface area contributed by atoms with Crippen LogP contribution in [0.25, 0.3) is 11.0 Å². The van der Waals surface area contributed by atoms with Crippen LogP contribution in [0, 0.1) is 11.8 Å². The quantitative estimate of drug-likeness (QED) is 0.202. The summed E-state index contributed by atoms with van der Waals surface area (Å²) in [5.41, 5.74) is 6.78. The molecule has 12 heteroatoms. The van der Waals surface area contributed by atoms with Crippen molar-refractivity contribution in [2.75, 3.05) is 5.73 Å². The van der Waals surface area contributed by atoms with Crippen molar-refractivity contribution >= 4 is 46.2 Å². The monoisotopic (exact) mass is 513 g/mol. The number of aromatic nitrogens is 3. The van der Waals surface area contributed by atoms with E-state index in [0.29, 0.717) is 40.7 Å². The first-order valence-electron chi connectivity index (χ1n) is 11.3. The Morgan fingerprint density at radius 2 is 2.08 bits per heavy atom. The lowest BCUT2D eigenvalue weighted by molar-refractivity contribution is -0.151. The number of nitrogens with zero attached hydrogens (tertiary/aromatic N) is 1. The van der Waals surface area contributed by atoms with Gasteiger partial charge in [0.15, 0.2) is 0 Å². The van der Waals surface area contributed by atoms with Crippen LogP contribution in [0.4, 0.5) is 5.95 Å². The van der Waals surface area contributed by atoms with Gasteiger partial charge in [-0.15, -0.1) is 11.3 Å². The molecule has 3 rings (SSSR count). The van der Waals surface area contributed by atoms with Crippen molar-refractivity contribution in [3.63, 3.8) is 0 Å². The number of hydrogen-bond acceptors (Lipinski definition) is 8. The molecule has 0 aliphatic carbocycles. The third-order valence-electron chi connectivity index (χ3n) is 5.29. The molecule has 2 atom stereocenters. The lowest BCUT2D eigenvalue weighted by Crippen LogP contribution is -2.43. The zero-order valence-electron chi connectivity index (χ0n) is 19.8. The number of esters is 1. The van der Waals surface area contributed by atoms with Gasteiger partial charge in [0.2, 0.25) is 5.95 Å². The minimum absolute atomic E-state index is 0.0406. The van der Waals surface area contributed by atoms with Gasteiger partial charge in [-0.25, -0.2) is 4.79 Å². The summed E-state index contributed by atoms with van der Waals surface area (Å²) in [6, 6.07) is 2.25. The molecule has 0 radical (unpaired) electrons. The molecule has 0 saturated heterocycles. The summed E-state index contributed by atoms with van der Waals surface area (Å²) in [6.07, 6.45) is 0.958. The van der Waals surface area contributed by atoms with Gasteiger partial charge >= 0.3 is 11.9 Å². The summed E-state index contributed by atoms with van der Waals surface area (Å²) in [4.78, 5) is 58.1. The highest BCUT2D eigenvalue weighted by molar-refractivity contribution is 7.10. The van der Waals surface area contributed by atoms with Crippen molar-refractivity contribution in [2.45, 2.75) is 58.1 Å². The van der Waals surface area contributed by atoms with Gasteiger partial charge in [-0.2, -0.15) is 4.98 Å². The number of aliphatic carboxylic acids is 1. The van der Waals surface area contributed by atoms with Gasteiger partial charge < -0.3 is 25.9 Å². The van der Waals surface area contributed by atoms with Crippen LogP contribution >= 0.6 is 11.3 Å². The summed E-state index contributed by atoms with van der Waals surface area (Å²) in [6.45, 7) is 3.58. The summed E-state index contributed by atoms with van der Waals surface area (Å²) < 4.78 is 5.27. The number of carboxylic acids is 1. The zero-order chi connectivity index (χ0) is 26.2. The summed E-state index contributed by atoms with van der Waals surface area (Å²) in [5.74, 6) is 3.83. The third kappa shape index (κ3) is 7.19. The van der Waals surface area contributed by atoms with E-state index in [1.54, 1.807) is 24.4 Å². The molecule has 0 aliphatic rings. The molecular formula is C24H27N5O6S. The van der Waals surface area contributed by atoms with Crippen LogP contribution in [-0.4, -0.2) is 50.1 Å². The number of aromatic amines is 2. The van der Waals surface area contributed by atoms with Crippen molar-refractivity contribution in [1.82, 2.24) is 20.3 Å². The fourth-order valence-corrected chi connectivity index (χ4v) is 3.97. The topological polar surface area (TPSA) is 180 Å². The average molecular weight is 514 g/mol. The van der Waals surface area contributed by atoms with E-state index in [1.165, 1.54) is 11.3 Å². The van der Waals surface area contributed by atoms with Crippen LogP contribution in [-0.2, 0) is 20.7 Å². The summed E-state index contributed by atoms with van der Waals surface area (Å²) in [5, 5.41) is 13.6.